The molecular formula is C14H30N2. The van der Waals surface area contributed by atoms with Gasteiger partial charge < -0.3 is 5.32 Å². The monoisotopic (exact) mass is 226 g/mol. The number of hydrogen-bond acceptors (Lipinski definition) is 2. The summed E-state index contributed by atoms with van der Waals surface area (Å²) in [6.45, 7) is 12.9. The van der Waals surface area contributed by atoms with Crippen molar-refractivity contribution in [1.82, 2.24) is 10.2 Å². The zero-order valence-corrected chi connectivity index (χ0v) is 11.6. The summed E-state index contributed by atoms with van der Waals surface area (Å²) in [5.74, 6) is 0.811. The fourth-order valence-corrected chi connectivity index (χ4v) is 2.58. The van der Waals surface area contributed by atoms with E-state index < -0.39 is 0 Å². The van der Waals surface area contributed by atoms with Crippen LogP contribution in [-0.2, 0) is 0 Å². The van der Waals surface area contributed by atoms with Crippen molar-refractivity contribution < 1.29 is 0 Å². The lowest BCUT2D eigenvalue weighted by molar-refractivity contribution is 0.112. The molecule has 96 valence electrons. The van der Waals surface area contributed by atoms with Crippen molar-refractivity contribution in [3.8, 4) is 0 Å². The van der Waals surface area contributed by atoms with Crippen LogP contribution < -0.4 is 5.32 Å². The molecule has 1 N–H and O–H groups in total. The van der Waals surface area contributed by atoms with E-state index >= 15 is 0 Å². The summed E-state index contributed by atoms with van der Waals surface area (Å²) in [7, 11) is 0. The smallest absolute Gasteiger partial charge is 0.0195 e. The minimum absolute atomic E-state index is 0.694. The first-order valence-electron chi connectivity index (χ1n) is 7.11. The third kappa shape index (κ3) is 4.42. The highest BCUT2D eigenvalue weighted by molar-refractivity contribution is 4.79. The Hall–Kier alpha value is -0.0800. The molecule has 2 nitrogen and oxygen atoms in total. The van der Waals surface area contributed by atoms with Crippen molar-refractivity contribution >= 4 is 0 Å². The zero-order chi connectivity index (χ0) is 12.0. The van der Waals surface area contributed by atoms with E-state index in [0.717, 1.165) is 18.5 Å². The Bertz CT molecular complexity index is 182. The van der Waals surface area contributed by atoms with Crippen LogP contribution in [0.5, 0.6) is 0 Å². The van der Waals surface area contributed by atoms with Crippen LogP contribution in [0.2, 0.25) is 0 Å². The van der Waals surface area contributed by atoms with Crippen molar-refractivity contribution in [3.05, 3.63) is 0 Å². The maximum Gasteiger partial charge on any atom is 0.0195 e. The lowest BCUT2D eigenvalue weighted by Crippen LogP contribution is -2.48. The average Bonchev–Trinajstić information content (AvgIpc) is 2.29. The molecule has 1 rings (SSSR count). The predicted octanol–water partition coefficient (Wildman–Crippen LogP) is 2.89. The first-order valence-corrected chi connectivity index (χ1v) is 7.11. The van der Waals surface area contributed by atoms with Crippen LogP contribution in [0.15, 0.2) is 0 Å². The van der Waals surface area contributed by atoms with E-state index in [-0.39, 0.29) is 0 Å². The van der Waals surface area contributed by atoms with Crippen LogP contribution in [-0.4, -0.2) is 36.6 Å². The van der Waals surface area contributed by atoms with Gasteiger partial charge >= 0.3 is 0 Å². The number of hydrogen-bond donors (Lipinski definition) is 1. The van der Waals surface area contributed by atoms with Crippen molar-refractivity contribution in [2.24, 2.45) is 5.92 Å². The van der Waals surface area contributed by atoms with Gasteiger partial charge in [-0.15, -0.1) is 0 Å². The summed E-state index contributed by atoms with van der Waals surface area (Å²) in [6, 6.07) is 1.48. The van der Waals surface area contributed by atoms with Gasteiger partial charge in [0.05, 0.1) is 0 Å². The van der Waals surface area contributed by atoms with Crippen molar-refractivity contribution in [2.45, 2.75) is 65.5 Å². The van der Waals surface area contributed by atoms with Gasteiger partial charge in [-0.25, -0.2) is 0 Å². The molecule has 2 heteroatoms. The lowest BCUT2D eigenvalue weighted by atomic mass is 10.0. The maximum atomic E-state index is 3.61. The molecule has 3 unspecified atom stereocenters. The first-order chi connectivity index (χ1) is 7.65. The van der Waals surface area contributed by atoms with Gasteiger partial charge in [-0.05, 0) is 45.7 Å². The summed E-state index contributed by atoms with van der Waals surface area (Å²) in [5.41, 5.74) is 0. The summed E-state index contributed by atoms with van der Waals surface area (Å²) in [4.78, 5) is 2.67. The number of nitrogens with one attached hydrogen (secondary N) is 1. The number of likely N-dealkylation sites (tertiary alicyclic amines) is 1. The van der Waals surface area contributed by atoms with Crippen LogP contribution in [0.4, 0.5) is 0 Å². The fourth-order valence-electron chi connectivity index (χ4n) is 2.58. The highest BCUT2D eigenvalue weighted by Crippen LogP contribution is 2.18. The van der Waals surface area contributed by atoms with Gasteiger partial charge in [-0.1, -0.05) is 26.7 Å². The molecule has 0 spiro atoms. The normalized spacial score (nSPS) is 26.6. The third-order valence-corrected chi connectivity index (χ3v) is 4.05. The molecule has 1 fully saturated rings. The Morgan fingerprint density at radius 3 is 2.62 bits per heavy atom. The van der Waals surface area contributed by atoms with Gasteiger partial charge in [-0.2, -0.15) is 0 Å². The Kier molecular flexibility index (Phi) is 6.37. The summed E-state index contributed by atoms with van der Waals surface area (Å²) < 4.78 is 0. The molecule has 1 saturated heterocycles. The summed E-state index contributed by atoms with van der Waals surface area (Å²) in [5, 5.41) is 3.61. The number of nitrogens with zero attached hydrogens (tertiary/aromatic N) is 1. The topological polar surface area (TPSA) is 15.3 Å². The van der Waals surface area contributed by atoms with Gasteiger partial charge in [0, 0.05) is 18.6 Å². The van der Waals surface area contributed by atoms with Gasteiger partial charge in [0.2, 0.25) is 0 Å². The molecule has 1 heterocycles. The molecule has 0 radical (unpaired) electrons. The minimum atomic E-state index is 0.694. The predicted molar refractivity (Wildman–Crippen MR) is 71.8 cm³/mol. The Morgan fingerprint density at radius 2 is 2.00 bits per heavy atom. The highest BCUT2D eigenvalue weighted by Gasteiger charge is 2.22. The second kappa shape index (κ2) is 7.29. The third-order valence-electron chi connectivity index (χ3n) is 4.05. The largest absolute Gasteiger partial charge is 0.315 e. The van der Waals surface area contributed by atoms with Crippen LogP contribution in [0.1, 0.15) is 53.4 Å². The van der Waals surface area contributed by atoms with Gasteiger partial charge in [0.1, 0.15) is 0 Å². The first kappa shape index (κ1) is 14.0. The summed E-state index contributed by atoms with van der Waals surface area (Å²) >= 11 is 0. The van der Waals surface area contributed by atoms with Gasteiger partial charge in [0.15, 0.2) is 0 Å². The zero-order valence-electron chi connectivity index (χ0n) is 11.6. The maximum absolute atomic E-state index is 3.61. The molecule has 0 saturated carbocycles. The molecule has 0 aliphatic carbocycles. The summed E-state index contributed by atoms with van der Waals surface area (Å²) in [6.07, 6.45) is 5.47. The molecule has 0 bridgehead atoms. The van der Waals surface area contributed by atoms with Crippen LogP contribution in [0.3, 0.4) is 0 Å². The second-order valence-electron chi connectivity index (χ2n) is 5.60. The number of rotatable bonds is 6. The Labute approximate surface area is 102 Å². The van der Waals surface area contributed by atoms with Crippen LogP contribution in [0.25, 0.3) is 0 Å². The van der Waals surface area contributed by atoms with E-state index in [4.69, 9.17) is 0 Å². The molecule has 1 aliphatic rings. The quantitative estimate of drug-likeness (QED) is 0.749. The van der Waals surface area contributed by atoms with Crippen molar-refractivity contribution in [3.63, 3.8) is 0 Å². The Morgan fingerprint density at radius 1 is 1.25 bits per heavy atom. The molecule has 0 aromatic rings. The second-order valence-corrected chi connectivity index (χ2v) is 5.60. The van der Waals surface area contributed by atoms with E-state index in [1.54, 1.807) is 0 Å². The molecule has 3 atom stereocenters. The van der Waals surface area contributed by atoms with Crippen LogP contribution >= 0.6 is 0 Å². The van der Waals surface area contributed by atoms with Gasteiger partial charge in [0.25, 0.3) is 0 Å². The SMILES string of the molecule is CCC(C)CNCC(C)N1CCCCC1C. The van der Waals surface area contributed by atoms with E-state index in [1.807, 2.05) is 0 Å². The molecule has 1 aliphatic heterocycles. The van der Waals surface area contributed by atoms with Crippen LogP contribution in [0, 0.1) is 5.92 Å². The molecule has 16 heavy (non-hydrogen) atoms. The fraction of sp³-hybridized carbons (Fsp3) is 1.00. The van der Waals surface area contributed by atoms with E-state index in [2.05, 4.69) is 37.9 Å². The highest BCUT2D eigenvalue weighted by atomic mass is 15.2. The molecular weight excluding hydrogens is 196 g/mol. The van der Waals surface area contributed by atoms with Crippen molar-refractivity contribution in [1.29, 1.82) is 0 Å². The Balaban J connectivity index is 2.20. The molecule has 0 aromatic carbocycles. The van der Waals surface area contributed by atoms with E-state index in [0.29, 0.717) is 6.04 Å². The van der Waals surface area contributed by atoms with E-state index in [1.165, 1.54) is 38.8 Å². The lowest BCUT2D eigenvalue weighted by Gasteiger charge is -2.38. The van der Waals surface area contributed by atoms with Gasteiger partial charge in [-0.3, -0.25) is 4.90 Å². The standard InChI is InChI=1S/C14H30N2/c1-5-12(2)10-15-11-14(4)16-9-7-6-8-13(16)3/h12-15H,5-11H2,1-4H3. The molecule has 0 aromatic heterocycles. The van der Waals surface area contributed by atoms with Crippen molar-refractivity contribution in [2.75, 3.05) is 19.6 Å². The molecule has 0 amide bonds. The average molecular weight is 226 g/mol. The van der Waals surface area contributed by atoms with E-state index in [9.17, 15) is 0 Å². The number of piperidine rings is 1. The minimum Gasteiger partial charge on any atom is -0.315 e.